The molecular weight excluding hydrogens is 210 g/mol. The van der Waals surface area contributed by atoms with Gasteiger partial charge in [0.2, 0.25) is 0 Å². The molecule has 96 valence electrons. The van der Waals surface area contributed by atoms with E-state index in [1.165, 1.54) is 5.56 Å². The molecule has 0 aromatic heterocycles. The van der Waals surface area contributed by atoms with Gasteiger partial charge in [-0.3, -0.25) is 0 Å². The highest BCUT2D eigenvalue weighted by Gasteiger charge is 2.12. The van der Waals surface area contributed by atoms with E-state index in [-0.39, 0.29) is 6.04 Å². The Labute approximate surface area is 105 Å². The van der Waals surface area contributed by atoms with Crippen LogP contribution >= 0.6 is 0 Å². The Morgan fingerprint density at radius 2 is 1.94 bits per heavy atom. The summed E-state index contributed by atoms with van der Waals surface area (Å²) in [6.45, 7) is 11.5. The van der Waals surface area contributed by atoms with Crippen LogP contribution in [0.5, 0.6) is 5.75 Å². The Balaban J connectivity index is 2.70. The zero-order valence-corrected chi connectivity index (χ0v) is 11.7. The van der Waals surface area contributed by atoms with Gasteiger partial charge in [0.15, 0.2) is 0 Å². The highest BCUT2D eigenvalue weighted by atomic mass is 16.5. The van der Waals surface area contributed by atoms with Gasteiger partial charge in [-0.2, -0.15) is 0 Å². The quantitative estimate of drug-likeness (QED) is 0.860. The van der Waals surface area contributed by atoms with Gasteiger partial charge in [0.1, 0.15) is 5.75 Å². The number of benzene rings is 1. The summed E-state index contributed by atoms with van der Waals surface area (Å²) < 4.78 is 5.85. The summed E-state index contributed by atoms with van der Waals surface area (Å²) in [7, 11) is 0. The molecule has 0 radical (unpaired) electrons. The summed E-state index contributed by atoms with van der Waals surface area (Å²) >= 11 is 0. The molecule has 2 nitrogen and oxygen atoms in total. The van der Waals surface area contributed by atoms with Gasteiger partial charge in [0.05, 0.1) is 6.61 Å². The molecule has 0 heterocycles. The van der Waals surface area contributed by atoms with Gasteiger partial charge in [-0.1, -0.05) is 38.5 Å². The van der Waals surface area contributed by atoms with Gasteiger partial charge in [-0.15, -0.1) is 0 Å². The molecule has 0 amide bonds. The molecule has 0 saturated heterocycles. The van der Waals surface area contributed by atoms with Gasteiger partial charge >= 0.3 is 0 Å². The second-order valence-corrected chi connectivity index (χ2v) is 5.99. The first-order valence-corrected chi connectivity index (χ1v) is 6.28. The first-order valence-electron chi connectivity index (χ1n) is 6.28. The van der Waals surface area contributed by atoms with Crippen molar-refractivity contribution < 1.29 is 4.74 Å². The predicted octanol–water partition coefficient (Wildman–Crippen LogP) is 3.83. The highest BCUT2D eigenvalue weighted by Crippen LogP contribution is 2.26. The van der Waals surface area contributed by atoms with E-state index in [0.29, 0.717) is 5.41 Å². The van der Waals surface area contributed by atoms with E-state index in [9.17, 15) is 0 Å². The van der Waals surface area contributed by atoms with Crippen molar-refractivity contribution in [1.29, 1.82) is 0 Å². The average Bonchev–Trinajstić information content (AvgIpc) is 2.18. The lowest BCUT2D eigenvalue weighted by atomic mass is 9.93. The summed E-state index contributed by atoms with van der Waals surface area (Å²) in [5.74, 6) is 0.926. The van der Waals surface area contributed by atoms with Gasteiger partial charge in [-0.05, 0) is 31.7 Å². The summed E-state index contributed by atoms with van der Waals surface area (Å²) in [5, 5.41) is 0. The van der Waals surface area contributed by atoms with Crippen LogP contribution in [0.15, 0.2) is 18.2 Å². The number of rotatable bonds is 4. The minimum atomic E-state index is 0.0135. The molecule has 0 unspecified atom stereocenters. The molecule has 0 aliphatic heterocycles. The minimum Gasteiger partial charge on any atom is -0.493 e. The lowest BCUT2D eigenvalue weighted by molar-refractivity contribution is 0.240. The Morgan fingerprint density at radius 1 is 1.29 bits per heavy atom. The Morgan fingerprint density at radius 3 is 2.47 bits per heavy atom. The molecule has 17 heavy (non-hydrogen) atoms. The normalized spacial score (nSPS) is 13.5. The van der Waals surface area contributed by atoms with E-state index in [0.717, 1.165) is 24.3 Å². The maximum absolute atomic E-state index is 5.96. The first-order chi connectivity index (χ1) is 7.79. The highest BCUT2D eigenvalue weighted by molar-refractivity contribution is 5.38. The maximum Gasteiger partial charge on any atom is 0.124 e. The van der Waals surface area contributed by atoms with E-state index in [4.69, 9.17) is 10.5 Å². The van der Waals surface area contributed by atoms with Crippen molar-refractivity contribution in [2.45, 2.75) is 47.1 Å². The topological polar surface area (TPSA) is 35.2 Å². The SMILES string of the molecule is Cc1ccc(OCCC(C)(C)C)c([C@H](C)N)c1. The van der Waals surface area contributed by atoms with Crippen molar-refractivity contribution in [3.63, 3.8) is 0 Å². The lowest BCUT2D eigenvalue weighted by Crippen LogP contribution is -2.13. The third-order valence-corrected chi connectivity index (χ3v) is 2.77. The van der Waals surface area contributed by atoms with Gasteiger partial charge < -0.3 is 10.5 Å². The Kier molecular flexibility index (Phi) is 4.58. The molecule has 0 saturated carbocycles. The number of hydrogen-bond acceptors (Lipinski definition) is 2. The van der Waals surface area contributed by atoms with Crippen LogP contribution in [0.4, 0.5) is 0 Å². The minimum absolute atomic E-state index is 0.0135. The first kappa shape index (κ1) is 14.0. The van der Waals surface area contributed by atoms with Crippen LogP contribution in [0.2, 0.25) is 0 Å². The van der Waals surface area contributed by atoms with Gasteiger partial charge in [-0.25, -0.2) is 0 Å². The molecule has 0 aliphatic carbocycles. The van der Waals surface area contributed by atoms with E-state index in [1.54, 1.807) is 0 Å². The number of nitrogens with two attached hydrogens (primary N) is 1. The zero-order chi connectivity index (χ0) is 13.1. The smallest absolute Gasteiger partial charge is 0.124 e. The zero-order valence-electron chi connectivity index (χ0n) is 11.7. The molecule has 1 rings (SSSR count). The van der Waals surface area contributed by atoms with E-state index < -0.39 is 0 Å². The largest absolute Gasteiger partial charge is 0.493 e. The molecule has 2 N–H and O–H groups in total. The maximum atomic E-state index is 5.96. The van der Waals surface area contributed by atoms with Crippen LogP contribution < -0.4 is 10.5 Å². The molecule has 0 aliphatic rings. The standard InChI is InChI=1S/C15H25NO/c1-11-6-7-14(13(10-11)12(2)16)17-9-8-15(3,4)5/h6-7,10,12H,8-9,16H2,1-5H3/t12-/m0/s1. The molecule has 1 atom stereocenters. The molecular formula is C15H25NO. The van der Waals surface area contributed by atoms with Crippen LogP contribution in [-0.4, -0.2) is 6.61 Å². The molecule has 0 fully saturated rings. The van der Waals surface area contributed by atoms with Crippen LogP contribution in [0.1, 0.15) is 51.3 Å². The summed E-state index contributed by atoms with van der Waals surface area (Å²) in [6, 6.07) is 6.21. The third-order valence-electron chi connectivity index (χ3n) is 2.77. The fourth-order valence-corrected chi connectivity index (χ4v) is 1.62. The van der Waals surface area contributed by atoms with E-state index in [2.05, 4.69) is 39.8 Å². The fourth-order valence-electron chi connectivity index (χ4n) is 1.62. The molecule has 1 aromatic rings. The van der Waals surface area contributed by atoms with E-state index in [1.807, 2.05) is 13.0 Å². The van der Waals surface area contributed by atoms with Crippen molar-refractivity contribution in [2.75, 3.05) is 6.61 Å². The second kappa shape index (κ2) is 5.54. The van der Waals surface area contributed by atoms with Crippen molar-refractivity contribution in [3.8, 4) is 5.75 Å². The Hall–Kier alpha value is -1.02. The van der Waals surface area contributed by atoms with E-state index >= 15 is 0 Å². The van der Waals surface area contributed by atoms with Crippen LogP contribution in [-0.2, 0) is 0 Å². The van der Waals surface area contributed by atoms with Crippen molar-refractivity contribution in [1.82, 2.24) is 0 Å². The average molecular weight is 235 g/mol. The monoisotopic (exact) mass is 235 g/mol. The molecule has 0 spiro atoms. The lowest BCUT2D eigenvalue weighted by Gasteiger charge is -2.20. The summed E-state index contributed by atoms with van der Waals surface area (Å²) in [5.41, 5.74) is 8.58. The van der Waals surface area contributed by atoms with Crippen molar-refractivity contribution in [2.24, 2.45) is 11.1 Å². The summed E-state index contributed by atoms with van der Waals surface area (Å²) in [4.78, 5) is 0. The summed E-state index contributed by atoms with van der Waals surface area (Å²) in [6.07, 6.45) is 1.04. The third kappa shape index (κ3) is 4.78. The number of hydrogen-bond donors (Lipinski definition) is 1. The van der Waals surface area contributed by atoms with Crippen LogP contribution in [0.25, 0.3) is 0 Å². The van der Waals surface area contributed by atoms with Crippen LogP contribution in [0.3, 0.4) is 0 Å². The molecule has 1 aromatic carbocycles. The predicted molar refractivity (Wildman–Crippen MR) is 73.3 cm³/mol. The number of ether oxygens (including phenoxy) is 1. The van der Waals surface area contributed by atoms with Crippen LogP contribution in [0, 0.1) is 12.3 Å². The van der Waals surface area contributed by atoms with Gasteiger partial charge in [0, 0.05) is 11.6 Å². The fraction of sp³-hybridized carbons (Fsp3) is 0.600. The second-order valence-electron chi connectivity index (χ2n) is 5.99. The van der Waals surface area contributed by atoms with Crippen molar-refractivity contribution in [3.05, 3.63) is 29.3 Å². The van der Waals surface area contributed by atoms with Crippen molar-refractivity contribution >= 4 is 0 Å². The number of aryl methyl sites for hydroxylation is 1. The van der Waals surface area contributed by atoms with Gasteiger partial charge in [0.25, 0.3) is 0 Å². The molecule has 2 heteroatoms. The molecule has 0 bridgehead atoms. The Bertz CT molecular complexity index is 364.